The van der Waals surface area contributed by atoms with Crippen LogP contribution in [0.3, 0.4) is 0 Å². The van der Waals surface area contributed by atoms with Crippen LogP contribution in [0.1, 0.15) is 26.7 Å². The molecule has 2 aromatic carbocycles. The van der Waals surface area contributed by atoms with E-state index < -0.39 is 42.3 Å². The first-order valence-electron chi connectivity index (χ1n) is 12.7. The van der Waals surface area contributed by atoms with E-state index in [1.54, 1.807) is 13.8 Å². The summed E-state index contributed by atoms with van der Waals surface area (Å²) in [5.41, 5.74) is -0.352. The van der Waals surface area contributed by atoms with Gasteiger partial charge in [-0.05, 0) is 63.1 Å². The quantitative estimate of drug-likeness (QED) is 0.334. The molecule has 2 aromatic heterocycles. The van der Waals surface area contributed by atoms with Gasteiger partial charge in [0, 0.05) is 19.6 Å². The molecule has 0 unspecified atom stereocenters. The number of fused-ring (bicyclic) bond motifs is 1. The average molecular weight is 589 g/mol. The maximum absolute atomic E-state index is 15.3. The molecule has 1 aliphatic carbocycles. The van der Waals surface area contributed by atoms with Crippen LogP contribution in [-0.4, -0.2) is 66.4 Å². The summed E-state index contributed by atoms with van der Waals surface area (Å²) < 4.78 is 82.0. The van der Waals surface area contributed by atoms with E-state index in [1.807, 2.05) is 9.80 Å². The molecule has 0 radical (unpaired) electrons. The van der Waals surface area contributed by atoms with E-state index in [0.29, 0.717) is 25.6 Å². The Hall–Kier alpha value is -3.65. The number of halogens is 2. The number of rotatable bonds is 6. The minimum absolute atomic E-state index is 0.0113. The Morgan fingerprint density at radius 3 is 2.17 bits per heavy atom. The Morgan fingerprint density at radius 1 is 0.900 bits per heavy atom. The first-order valence-corrected chi connectivity index (χ1v) is 15.7. The molecule has 14 heteroatoms. The van der Waals surface area contributed by atoms with Crippen molar-refractivity contribution in [2.75, 3.05) is 29.4 Å². The number of piperazine rings is 1. The van der Waals surface area contributed by atoms with E-state index in [9.17, 15) is 21.2 Å². The van der Waals surface area contributed by atoms with E-state index >= 15 is 4.39 Å². The minimum Gasteiger partial charge on any atom is -0.345 e. The molecule has 40 heavy (non-hydrogen) atoms. The highest BCUT2D eigenvalue weighted by molar-refractivity contribution is 7.92. The summed E-state index contributed by atoms with van der Waals surface area (Å²) in [6, 6.07) is 9.13. The number of nitrogens with zero attached hydrogens (tertiary/aromatic N) is 6. The molecular weight excluding hydrogens is 562 g/mol. The van der Waals surface area contributed by atoms with Crippen molar-refractivity contribution in [3.8, 4) is 0 Å². The molecule has 1 aliphatic heterocycles. The number of sulfone groups is 1. The van der Waals surface area contributed by atoms with Gasteiger partial charge in [0.1, 0.15) is 5.82 Å². The van der Waals surface area contributed by atoms with Crippen LogP contribution < -0.4 is 9.80 Å². The van der Waals surface area contributed by atoms with Crippen molar-refractivity contribution in [2.45, 2.75) is 47.3 Å². The largest absolute Gasteiger partial charge is 0.345 e. The number of hydrogen-bond donors (Lipinski definition) is 0. The van der Waals surface area contributed by atoms with Crippen LogP contribution in [0.5, 0.6) is 0 Å². The number of benzene rings is 2. The molecular formula is C26H26F2N6O4S2. The lowest BCUT2D eigenvalue weighted by Gasteiger charge is -2.42. The molecule has 4 aromatic rings. The van der Waals surface area contributed by atoms with E-state index in [4.69, 9.17) is 0 Å². The zero-order valence-corrected chi connectivity index (χ0v) is 23.3. The molecule has 0 amide bonds. The maximum atomic E-state index is 15.3. The standard InChI is InChI=1S/C26H26F2N6O4S2/c1-17(2)39(35,36)19-6-8-20(9-7-19)40(37,38)34-22-5-3-4-21(28)23(22)24(31-34)33-13-12-32(16-26(33)10-11-26)25-29-14-18(27)15-30-25/h3-9,14-15,17H,10-13,16H2,1-2H3. The summed E-state index contributed by atoms with van der Waals surface area (Å²) in [6.07, 6.45) is 3.75. The van der Waals surface area contributed by atoms with Gasteiger partial charge in [-0.25, -0.2) is 27.2 Å². The van der Waals surface area contributed by atoms with E-state index in [2.05, 4.69) is 15.1 Å². The fourth-order valence-corrected chi connectivity index (χ4v) is 7.48. The van der Waals surface area contributed by atoms with E-state index in [-0.39, 0.29) is 26.5 Å². The summed E-state index contributed by atoms with van der Waals surface area (Å²) >= 11 is 0. The summed E-state index contributed by atoms with van der Waals surface area (Å²) in [5.74, 6) is -0.534. The second kappa shape index (κ2) is 9.20. The van der Waals surface area contributed by atoms with Crippen LogP contribution in [0.4, 0.5) is 20.5 Å². The van der Waals surface area contributed by atoms with Crippen LogP contribution in [0, 0.1) is 11.6 Å². The zero-order valence-electron chi connectivity index (χ0n) is 21.7. The molecule has 2 fully saturated rings. The van der Waals surface area contributed by atoms with Gasteiger partial charge in [-0.15, -0.1) is 5.10 Å². The second-order valence-corrected chi connectivity index (χ2v) is 14.6. The van der Waals surface area contributed by atoms with Gasteiger partial charge in [0.25, 0.3) is 10.0 Å². The number of hydrogen-bond acceptors (Lipinski definition) is 9. The zero-order chi connectivity index (χ0) is 28.4. The third-order valence-corrected chi connectivity index (χ3v) is 11.3. The van der Waals surface area contributed by atoms with Crippen LogP contribution in [0.25, 0.3) is 10.9 Å². The number of anilines is 2. The second-order valence-electron chi connectivity index (χ2n) is 10.4. The first kappa shape index (κ1) is 26.6. The predicted octanol–water partition coefficient (Wildman–Crippen LogP) is 3.38. The van der Waals surface area contributed by atoms with Crippen molar-refractivity contribution < 1.29 is 25.6 Å². The summed E-state index contributed by atoms with van der Waals surface area (Å²) in [5, 5.41) is 3.88. The molecule has 0 N–H and O–H groups in total. The fourth-order valence-electron chi connectivity index (χ4n) is 5.15. The van der Waals surface area contributed by atoms with Gasteiger partial charge in [0.2, 0.25) is 5.95 Å². The third kappa shape index (κ3) is 4.20. The summed E-state index contributed by atoms with van der Waals surface area (Å²) in [7, 11) is -7.90. The van der Waals surface area contributed by atoms with E-state index in [0.717, 1.165) is 29.3 Å². The Balaban J connectivity index is 1.39. The molecule has 3 heterocycles. The van der Waals surface area contributed by atoms with Crippen LogP contribution in [-0.2, 0) is 19.9 Å². The third-order valence-electron chi connectivity index (χ3n) is 7.53. The monoisotopic (exact) mass is 588 g/mol. The van der Waals surface area contributed by atoms with Crippen molar-refractivity contribution in [2.24, 2.45) is 0 Å². The van der Waals surface area contributed by atoms with Crippen molar-refractivity contribution >= 4 is 42.5 Å². The SMILES string of the molecule is CC(C)S(=O)(=O)c1ccc(S(=O)(=O)n2nc(N3CCN(c4ncc(F)cn4)CC34CC4)c3c(F)cccc32)cc1. The van der Waals surface area contributed by atoms with Gasteiger partial charge in [0.15, 0.2) is 21.5 Å². The molecule has 0 atom stereocenters. The van der Waals surface area contributed by atoms with Crippen molar-refractivity contribution in [1.82, 2.24) is 19.2 Å². The van der Waals surface area contributed by atoms with Gasteiger partial charge >= 0.3 is 0 Å². The average Bonchev–Trinajstić information content (AvgIpc) is 3.57. The maximum Gasteiger partial charge on any atom is 0.283 e. The normalized spacial score (nSPS) is 17.2. The molecule has 10 nitrogen and oxygen atoms in total. The lowest BCUT2D eigenvalue weighted by atomic mass is 10.1. The minimum atomic E-state index is -4.31. The highest BCUT2D eigenvalue weighted by atomic mass is 32.2. The first-order chi connectivity index (χ1) is 18.9. The van der Waals surface area contributed by atoms with Crippen molar-refractivity contribution in [1.29, 1.82) is 0 Å². The Bertz CT molecular complexity index is 1820. The summed E-state index contributed by atoms with van der Waals surface area (Å²) in [6.45, 7) is 4.41. The number of aromatic nitrogens is 4. The molecule has 0 bridgehead atoms. The Morgan fingerprint density at radius 2 is 1.55 bits per heavy atom. The van der Waals surface area contributed by atoms with Crippen molar-refractivity contribution in [3.05, 3.63) is 66.5 Å². The van der Waals surface area contributed by atoms with Gasteiger partial charge in [0.05, 0.1) is 43.9 Å². The molecule has 210 valence electrons. The summed E-state index contributed by atoms with van der Waals surface area (Å²) in [4.78, 5) is 11.9. The lowest BCUT2D eigenvalue weighted by Crippen LogP contribution is -2.56. The smallest absolute Gasteiger partial charge is 0.283 e. The van der Waals surface area contributed by atoms with Gasteiger partial charge in [-0.1, -0.05) is 6.07 Å². The topological polar surface area (TPSA) is 118 Å². The fraction of sp³-hybridized carbons (Fsp3) is 0.346. The van der Waals surface area contributed by atoms with E-state index in [1.165, 1.54) is 42.5 Å². The highest BCUT2D eigenvalue weighted by Gasteiger charge is 2.53. The molecule has 1 spiro atoms. The molecule has 6 rings (SSSR count). The predicted molar refractivity (Wildman–Crippen MR) is 145 cm³/mol. The van der Waals surface area contributed by atoms with Gasteiger partial charge in [-0.2, -0.15) is 12.5 Å². The van der Waals surface area contributed by atoms with Crippen LogP contribution in [0.2, 0.25) is 0 Å². The van der Waals surface area contributed by atoms with Crippen LogP contribution >= 0.6 is 0 Å². The van der Waals surface area contributed by atoms with Crippen molar-refractivity contribution in [3.63, 3.8) is 0 Å². The molecule has 2 aliphatic rings. The Labute approximate surface area is 230 Å². The van der Waals surface area contributed by atoms with Gasteiger partial charge < -0.3 is 9.80 Å². The Kier molecular flexibility index (Phi) is 6.11. The van der Waals surface area contributed by atoms with Gasteiger partial charge in [-0.3, -0.25) is 0 Å². The highest BCUT2D eigenvalue weighted by Crippen LogP contribution is 2.48. The lowest BCUT2D eigenvalue weighted by molar-refractivity contribution is 0.496. The molecule has 1 saturated heterocycles. The molecule has 1 saturated carbocycles. The van der Waals surface area contributed by atoms with Crippen LogP contribution in [0.15, 0.2) is 64.6 Å².